The minimum atomic E-state index is -1.18. The van der Waals surface area contributed by atoms with Crippen molar-refractivity contribution in [3.8, 4) is 5.75 Å². The van der Waals surface area contributed by atoms with E-state index < -0.39 is 23.5 Å². The number of methoxy groups -OCH3 is 2. The fraction of sp³-hybridized carbons (Fsp3) is 0.458. The van der Waals surface area contributed by atoms with Crippen LogP contribution in [0.2, 0.25) is 0 Å². The predicted octanol–water partition coefficient (Wildman–Crippen LogP) is 3.66. The van der Waals surface area contributed by atoms with Crippen LogP contribution in [0.1, 0.15) is 55.8 Å². The molecule has 0 radical (unpaired) electrons. The number of aromatic carboxylic acids is 1. The summed E-state index contributed by atoms with van der Waals surface area (Å²) in [5, 5.41) is 17.0. The van der Waals surface area contributed by atoms with Crippen LogP contribution >= 0.6 is 0 Å². The quantitative estimate of drug-likeness (QED) is 0.594. The van der Waals surface area contributed by atoms with Crippen molar-refractivity contribution in [1.29, 1.82) is 0 Å². The second-order valence-electron chi connectivity index (χ2n) is 8.89. The Labute approximate surface area is 206 Å². The van der Waals surface area contributed by atoms with Crippen LogP contribution < -0.4 is 15.3 Å². The summed E-state index contributed by atoms with van der Waals surface area (Å²) in [5.74, 6) is -1.55. The largest absolute Gasteiger partial charge is 0.495 e. The van der Waals surface area contributed by atoms with Crippen LogP contribution in [-0.4, -0.2) is 57.2 Å². The molecule has 0 aliphatic heterocycles. The molecule has 2 aliphatic carbocycles. The molecule has 1 unspecified atom stereocenters. The third-order valence-corrected chi connectivity index (χ3v) is 6.45. The number of carboxylic acid groups (broad SMARTS) is 1. The first kappa shape index (κ1) is 25.1. The Morgan fingerprint density at radius 1 is 1.14 bits per heavy atom. The van der Waals surface area contributed by atoms with Crippen LogP contribution in [0, 0.1) is 5.92 Å². The number of carbonyl (C=O) groups excluding carboxylic acids is 1. The minimum absolute atomic E-state index is 0.0445. The number of aromatic nitrogens is 4. The van der Waals surface area contributed by atoms with Crippen LogP contribution in [0.25, 0.3) is 5.70 Å². The van der Waals surface area contributed by atoms with Gasteiger partial charge in [0.05, 0.1) is 25.5 Å². The number of carbonyl (C=O) groups is 2. The lowest BCUT2D eigenvalue weighted by atomic mass is 9.93. The molecule has 1 heterocycles. The molecule has 1 fully saturated rings. The zero-order valence-electron chi connectivity index (χ0n) is 20.3. The standard InChI is InChI=1S/C24H28FN5O6/c1-14-11-17(25)21(20(12-14)36-3)29-24(34)30(27-26-29)23(33)28(16-7-5-4-6-8-16)18-13-15(22(31)32)9-10-19(18)35-2/h9-10,12-14,16H,4-8,11H2,1-3H3,(H,31,32). The number of halogens is 1. The number of anilines is 1. The average Bonchev–Trinajstić information content (AvgIpc) is 3.24. The molecule has 36 heavy (non-hydrogen) atoms. The highest BCUT2D eigenvalue weighted by atomic mass is 19.1. The summed E-state index contributed by atoms with van der Waals surface area (Å²) in [7, 11) is 2.76. The van der Waals surface area contributed by atoms with Gasteiger partial charge < -0.3 is 14.6 Å². The zero-order valence-corrected chi connectivity index (χ0v) is 20.3. The molecule has 0 bridgehead atoms. The number of ether oxygens (including phenoxy) is 2. The maximum atomic E-state index is 14.9. The average molecular weight is 502 g/mol. The smallest absolute Gasteiger partial charge is 0.377 e. The highest BCUT2D eigenvalue weighted by molar-refractivity contribution is 5.97. The van der Waals surface area contributed by atoms with Crippen LogP contribution in [0.4, 0.5) is 14.9 Å². The van der Waals surface area contributed by atoms with E-state index in [4.69, 9.17) is 9.47 Å². The topological polar surface area (TPSA) is 129 Å². The van der Waals surface area contributed by atoms with E-state index in [-0.39, 0.29) is 46.8 Å². The summed E-state index contributed by atoms with van der Waals surface area (Å²) in [6, 6.07) is 2.99. The maximum absolute atomic E-state index is 14.9. The van der Waals surface area contributed by atoms with E-state index in [0.29, 0.717) is 22.2 Å². The molecule has 0 saturated heterocycles. The van der Waals surface area contributed by atoms with Crippen LogP contribution in [0.15, 0.2) is 40.7 Å². The molecule has 1 saturated carbocycles. The highest BCUT2D eigenvalue weighted by Crippen LogP contribution is 2.36. The molecule has 2 aromatic rings. The number of benzene rings is 1. The minimum Gasteiger partial charge on any atom is -0.495 e. The van der Waals surface area contributed by atoms with E-state index in [1.807, 2.05) is 0 Å². The van der Waals surface area contributed by atoms with Crippen molar-refractivity contribution < 1.29 is 28.6 Å². The lowest BCUT2D eigenvalue weighted by molar-refractivity contribution is 0.0696. The van der Waals surface area contributed by atoms with E-state index in [0.717, 1.165) is 19.3 Å². The monoisotopic (exact) mass is 501 g/mol. The van der Waals surface area contributed by atoms with Crippen molar-refractivity contribution in [2.24, 2.45) is 5.92 Å². The first-order valence-corrected chi connectivity index (χ1v) is 11.7. The Kier molecular flexibility index (Phi) is 7.22. The first-order chi connectivity index (χ1) is 17.3. The fourth-order valence-electron chi connectivity index (χ4n) is 4.71. The second kappa shape index (κ2) is 10.3. The summed E-state index contributed by atoms with van der Waals surface area (Å²) in [4.78, 5) is 40.1. The summed E-state index contributed by atoms with van der Waals surface area (Å²) >= 11 is 0. The second-order valence-corrected chi connectivity index (χ2v) is 8.89. The molecule has 1 N–H and O–H groups in total. The van der Waals surface area contributed by atoms with E-state index >= 15 is 0 Å². The predicted molar refractivity (Wildman–Crippen MR) is 128 cm³/mol. The van der Waals surface area contributed by atoms with Gasteiger partial charge in [0.25, 0.3) is 0 Å². The van der Waals surface area contributed by atoms with Crippen molar-refractivity contribution in [1.82, 2.24) is 19.8 Å². The summed E-state index contributed by atoms with van der Waals surface area (Å²) in [6.45, 7) is 1.80. The zero-order chi connectivity index (χ0) is 26.0. The van der Waals surface area contributed by atoms with Crippen molar-refractivity contribution in [3.63, 3.8) is 0 Å². The van der Waals surface area contributed by atoms with E-state index in [1.165, 1.54) is 37.3 Å². The van der Waals surface area contributed by atoms with E-state index in [2.05, 4.69) is 10.4 Å². The summed E-state index contributed by atoms with van der Waals surface area (Å²) < 4.78 is 26.8. The molecule has 12 heteroatoms. The van der Waals surface area contributed by atoms with Gasteiger partial charge in [-0.25, -0.2) is 18.8 Å². The Bertz CT molecular complexity index is 1290. The van der Waals surface area contributed by atoms with E-state index in [1.54, 1.807) is 13.0 Å². The highest BCUT2D eigenvalue weighted by Gasteiger charge is 2.34. The fourth-order valence-corrected chi connectivity index (χ4v) is 4.71. The van der Waals surface area contributed by atoms with Gasteiger partial charge in [0, 0.05) is 12.5 Å². The molecule has 11 nitrogen and oxygen atoms in total. The van der Waals surface area contributed by atoms with Gasteiger partial charge in [-0.3, -0.25) is 4.90 Å². The number of hydrogen-bond donors (Lipinski definition) is 1. The first-order valence-electron chi connectivity index (χ1n) is 11.7. The lowest BCUT2D eigenvalue weighted by Crippen LogP contribution is -2.47. The van der Waals surface area contributed by atoms with Crippen molar-refractivity contribution in [3.05, 3.63) is 51.9 Å². The molecule has 2 aliphatic rings. The molecular weight excluding hydrogens is 473 g/mol. The third-order valence-electron chi connectivity index (χ3n) is 6.45. The molecule has 0 spiro atoms. The van der Waals surface area contributed by atoms with Gasteiger partial charge in [0.1, 0.15) is 23.0 Å². The molecule has 1 aromatic heterocycles. The van der Waals surface area contributed by atoms with Crippen LogP contribution in [0.5, 0.6) is 5.75 Å². The number of nitrogens with zero attached hydrogens (tertiary/aromatic N) is 5. The number of amides is 1. The van der Waals surface area contributed by atoms with E-state index in [9.17, 15) is 23.9 Å². The normalized spacial score (nSPS) is 18.6. The van der Waals surface area contributed by atoms with Crippen LogP contribution in [-0.2, 0) is 4.74 Å². The van der Waals surface area contributed by atoms with Crippen molar-refractivity contribution in [2.75, 3.05) is 19.1 Å². The Morgan fingerprint density at radius 3 is 2.50 bits per heavy atom. The number of rotatable bonds is 6. The number of tetrazole rings is 1. The van der Waals surface area contributed by atoms with Gasteiger partial charge in [-0.1, -0.05) is 26.2 Å². The number of allylic oxidation sites excluding steroid dienone is 3. The maximum Gasteiger partial charge on any atom is 0.377 e. The van der Waals surface area contributed by atoms with Gasteiger partial charge in [0.2, 0.25) is 0 Å². The van der Waals surface area contributed by atoms with Gasteiger partial charge in [0.15, 0.2) is 0 Å². The number of carboxylic acids is 1. The van der Waals surface area contributed by atoms with Gasteiger partial charge in [-0.15, -0.1) is 4.68 Å². The molecule has 4 rings (SSSR count). The molecular formula is C24H28FN5O6. The van der Waals surface area contributed by atoms with Gasteiger partial charge in [-0.05, 0) is 53.5 Å². The van der Waals surface area contributed by atoms with Crippen molar-refractivity contribution in [2.45, 2.75) is 51.5 Å². The number of hydrogen-bond acceptors (Lipinski definition) is 7. The van der Waals surface area contributed by atoms with Crippen molar-refractivity contribution >= 4 is 23.4 Å². The van der Waals surface area contributed by atoms with Gasteiger partial charge in [-0.2, -0.15) is 4.68 Å². The van der Waals surface area contributed by atoms with Gasteiger partial charge >= 0.3 is 17.7 Å². The molecule has 1 amide bonds. The third kappa shape index (κ3) is 4.62. The molecule has 192 valence electrons. The molecule has 1 atom stereocenters. The van der Waals surface area contributed by atoms with Crippen LogP contribution in [0.3, 0.4) is 0 Å². The lowest BCUT2D eigenvalue weighted by Gasteiger charge is -2.34. The summed E-state index contributed by atoms with van der Waals surface area (Å²) in [5.41, 5.74) is -1.02. The Hall–Kier alpha value is -3.96. The Balaban J connectivity index is 1.82. The molecule has 1 aromatic carbocycles. The summed E-state index contributed by atoms with van der Waals surface area (Å²) in [6.07, 6.45) is 5.71. The Morgan fingerprint density at radius 2 is 1.86 bits per heavy atom. The SMILES string of the molecule is COC1=CC(C)CC(F)=C1n1nnn(C(=O)N(c2cc(C(=O)O)ccc2OC)C2CCCCC2)c1=O.